The summed E-state index contributed by atoms with van der Waals surface area (Å²) in [5.41, 5.74) is 2.13. The molecule has 0 saturated carbocycles. The van der Waals surface area contributed by atoms with E-state index in [1.54, 1.807) is 36.7 Å². The topological polar surface area (TPSA) is 69.0 Å². The Bertz CT molecular complexity index is 1160. The first-order chi connectivity index (χ1) is 15.1. The second kappa shape index (κ2) is 9.21. The first-order valence-corrected chi connectivity index (χ1v) is 9.76. The summed E-state index contributed by atoms with van der Waals surface area (Å²) in [6.45, 7) is 0.352. The highest BCUT2D eigenvalue weighted by atomic mass is 19.1. The SMILES string of the molecule is Cn1ccnc1C(NC(=O)c1ccnc(OCc2ccccc2)c1)c1ccc(F)cc1. The van der Waals surface area contributed by atoms with Crippen molar-refractivity contribution in [3.05, 3.63) is 114 Å². The molecular weight excluding hydrogens is 395 g/mol. The maximum Gasteiger partial charge on any atom is 0.252 e. The molecule has 0 spiro atoms. The van der Waals surface area contributed by atoms with Gasteiger partial charge in [-0.15, -0.1) is 0 Å². The third kappa shape index (κ3) is 4.95. The Morgan fingerprint density at radius 1 is 1.06 bits per heavy atom. The molecule has 2 heterocycles. The molecule has 4 aromatic rings. The van der Waals surface area contributed by atoms with Crippen LogP contribution in [-0.2, 0) is 13.7 Å². The quantitative estimate of drug-likeness (QED) is 0.493. The van der Waals surface area contributed by atoms with Crippen molar-refractivity contribution >= 4 is 5.91 Å². The van der Waals surface area contributed by atoms with Crippen LogP contribution in [0.1, 0.15) is 33.4 Å². The fourth-order valence-corrected chi connectivity index (χ4v) is 3.18. The van der Waals surface area contributed by atoms with Crippen molar-refractivity contribution in [3.63, 3.8) is 0 Å². The van der Waals surface area contributed by atoms with Crippen LogP contribution in [0.25, 0.3) is 0 Å². The van der Waals surface area contributed by atoms with E-state index in [0.29, 0.717) is 23.9 Å². The fraction of sp³-hybridized carbons (Fsp3) is 0.125. The lowest BCUT2D eigenvalue weighted by atomic mass is 10.1. The molecule has 0 aliphatic rings. The molecule has 2 aromatic heterocycles. The average molecular weight is 416 g/mol. The molecule has 0 aliphatic heterocycles. The van der Waals surface area contributed by atoms with Gasteiger partial charge in [-0.2, -0.15) is 0 Å². The zero-order chi connectivity index (χ0) is 21.6. The van der Waals surface area contributed by atoms with Crippen LogP contribution in [0.5, 0.6) is 5.88 Å². The van der Waals surface area contributed by atoms with E-state index in [-0.39, 0.29) is 11.7 Å². The van der Waals surface area contributed by atoms with Crippen molar-refractivity contribution in [2.45, 2.75) is 12.6 Å². The number of carbonyl (C=O) groups is 1. The minimum Gasteiger partial charge on any atom is -0.473 e. The van der Waals surface area contributed by atoms with Crippen molar-refractivity contribution in [2.75, 3.05) is 0 Å². The highest BCUT2D eigenvalue weighted by Gasteiger charge is 2.22. The first-order valence-electron chi connectivity index (χ1n) is 9.76. The van der Waals surface area contributed by atoms with Gasteiger partial charge in [0.05, 0.1) is 0 Å². The number of aryl methyl sites for hydroxylation is 1. The molecule has 0 fully saturated rings. The number of aromatic nitrogens is 3. The van der Waals surface area contributed by atoms with Gasteiger partial charge in [-0.3, -0.25) is 4.79 Å². The number of imidazole rings is 1. The van der Waals surface area contributed by atoms with E-state index in [1.807, 2.05) is 41.9 Å². The number of rotatable bonds is 7. The van der Waals surface area contributed by atoms with E-state index in [9.17, 15) is 9.18 Å². The number of halogens is 1. The van der Waals surface area contributed by atoms with E-state index in [1.165, 1.54) is 18.3 Å². The maximum absolute atomic E-state index is 13.4. The Labute approximate surface area is 179 Å². The molecule has 1 N–H and O–H groups in total. The van der Waals surface area contributed by atoms with Crippen molar-refractivity contribution in [1.29, 1.82) is 0 Å². The average Bonchev–Trinajstić information content (AvgIpc) is 3.23. The lowest BCUT2D eigenvalue weighted by Gasteiger charge is -2.19. The molecular formula is C24H21FN4O2. The minimum absolute atomic E-state index is 0.315. The standard InChI is InChI=1S/C24H21FN4O2/c1-29-14-13-27-23(29)22(18-7-9-20(25)10-8-18)28-24(30)19-11-12-26-21(15-19)31-16-17-5-3-2-4-6-17/h2-15,22H,16H2,1H3,(H,28,30). The summed E-state index contributed by atoms with van der Waals surface area (Å²) >= 11 is 0. The zero-order valence-corrected chi connectivity index (χ0v) is 16.9. The summed E-state index contributed by atoms with van der Waals surface area (Å²) in [7, 11) is 1.84. The first kappa shape index (κ1) is 20.3. The number of nitrogens with zero attached hydrogens (tertiary/aromatic N) is 3. The van der Waals surface area contributed by atoms with Crippen LogP contribution < -0.4 is 10.1 Å². The molecule has 0 bridgehead atoms. The minimum atomic E-state index is -0.546. The van der Waals surface area contributed by atoms with Crippen LogP contribution in [0.15, 0.2) is 85.3 Å². The fourth-order valence-electron chi connectivity index (χ4n) is 3.18. The Balaban J connectivity index is 1.53. The summed E-state index contributed by atoms with van der Waals surface area (Å²) in [5, 5.41) is 2.99. The second-order valence-corrected chi connectivity index (χ2v) is 7.01. The lowest BCUT2D eigenvalue weighted by molar-refractivity contribution is 0.0940. The number of carbonyl (C=O) groups excluding carboxylic acids is 1. The highest BCUT2D eigenvalue weighted by molar-refractivity contribution is 5.94. The number of hydrogen-bond donors (Lipinski definition) is 1. The number of nitrogens with one attached hydrogen (secondary N) is 1. The van der Waals surface area contributed by atoms with E-state index in [2.05, 4.69) is 15.3 Å². The predicted octanol–water partition coefficient (Wildman–Crippen LogP) is 4.05. The molecule has 0 radical (unpaired) electrons. The maximum atomic E-state index is 13.4. The van der Waals surface area contributed by atoms with Gasteiger partial charge in [-0.1, -0.05) is 42.5 Å². The summed E-state index contributed by atoms with van der Waals surface area (Å²) in [6.07, 6.45) is 4.98. The van der Waals surface area contributed by atoms with Gasteiger partial charge in [-0.05, 0) is 29.3 Å². The van der Waals surface area contributed by atoms with Crippen LogP contribution in [0, 0.1) is 5.82 Å². The summed E-state index contributed by atoms with van der Waals surface area (Å²) in [6, 6.07) is 18.4. The Hall–Kier alpha value is -4.00. The summed E-state index contributed by atoms with van der Waals surface area (Å²) in [4.78, 5) is 21.6. The molecule has 1 unspecified atom stereocenters. The largest absolute Gasteiger partial charge is 0.473 e. The summed E-state index contributed by atoms with van der Waals surface area (Å²) in [5.74, 6) is 0.327. The lowest BCUT2D eigenvalue weighted by Crippen LogP contribution is -2.31. The van der Waals surface area contributed by atoms with Crippen molar-refractivity contribution in [2.24, 2.45) is 7.05 Å². The van der Waals surface area contributed by atoms with Crippen LogP contribution in [0.2, 0.25) is 0 Å². The molecule has 156 valence electrons. The van der Waals surface area contributed by atoms with Gasteiger partial charge in [0, 0.05) is 37.3 Å². The molecule has 0 saturated heterocycles. The molecule has 0 aliphatic carbocycles. The summed E-state index contributed by atoms with van der Waals surface area (Å²) < 4.78 is 21.0. The molecule has 7 heteroatoms. The predicted molar refractivity (Wildman–Crippen MR) is 114 cm³/mol. The van der Waals surface area contributed by atoms with Crippen molar-refractivity contribution in [3.8, 4) is 5.88 Å². The second-order valence-electron chi connectivity index (χ2n) is 7.01. The van der Waals surface area contributed by atoms with Gasteiger partial charge >= 0.3 is 0 Å². The number of hydrogen-bond acceptors (Lipinski definition) is 4. The van der Waals surface area contributed by atoms with Crippen LogP contribution in [0.4, 0.5) is 4.39 Å². The third-order valence-electron chi connectivity index (χ3n) is 4.82. The Morgan fingerprint density at radius 2 is 1.84 bits per heavy atom. The normalized spacial score (nSPS) is 11.7. The highest BCUT2D eigenvalue weighted by Crippen LogP contribution is 2.22. The molecule has 1 atom stereocenters. The zero-order valence-electron chi connectivity index (χ0n) is 16.9. The van der Waals surface area contributed by atoms with Crippen molar-refractivity contribution < 1.29 is 13.9 Å². The Morgan fingerprint density at radius 3 is 2.55 bits per heavy atom. The third-order valence-corrected chi connectivity index (χ3v) is 4.82. The van der Waals surface area contributed by atoms with Crippen molar-refractivity contribution in [1.82, 2.24) is 19.9 Å². The molecule has 2 aromatic carbocycles. The Kier molecular flexibility index (Phi) is 6.03. The number of benzene rings is 2. The monoisotopic (exact) mass is 416 g/mol. The van der Waals surface area contributed by atoms with Crippen LogP contribution in [-0.4, -0.2) is 20.4 Å². The van der Waals surface area contributed by atoms with Gasteiger partial charge in [0.25, 0.3) is 5.91 Å². The number of amides is 1. The van der Waals surface area contributed by atoms with Crippen LogP contribution >= 0.6 is 0 Å². The molecule has 1 amide bonds. The van der Waals surface area contributed by atoms with Gasteiger partial charge < -0.3 is 14.6 Å². The smallest absolute Gasteiger partial charge is 0.252 e. The van der Waals surface area contributed by atoms with Gasteiger partial charge in [0.2, 0.25) is 5.88 Å². The molecule has 4 rings (SSSR count). The van der Waals surface area contributed by atoms with E-state index < -0.39 is 6.04 Å². The van der Waals surface area contributed by atoms with E-state index in [0.717, 1.165) is 11.1 Å². The van der Waals surface area contributed by atoms with Gasteiger partial charge in [0.15, 0.2) is 0 Å². The molecule has 31 heavy (non-hydrogen) atoms. The van der Waals surface area contributed by atoms with Gasteiger partial charge in [0.1, 0.15) is 24.3 Å². The van der Waals surface area contributed by atoms with E-state index >= 15 is 0 Å². The number of ether oxygens (including phenoxy) is 1. The van der Waals surface area contributed by atoms with Gasteiger partial charge in [-0.25, -0.2) is 14.4 Å². The molecule has 6 nitrogen and oxygen atoms in total. The number of pyridine rings is 1. The van der Waals surface area contributed by atoms with Crippen LogP contribution in [0.3, 0.4) is 0 Å². The van der Waals surface area contributed by atoms with E-state index in [4.69, 9.17) is 4.74 Å².